The Labute approximate surface area is 555 Å². The second-order valence-corrected chi connectivity index (χ2v) is 24.7. The third-order valence-electron chi connectivity index (χ3n) is 15.2. The molecule has 0 aliphatic carbocycles. The number of benzene rings is 6. The topological polar surface area (TPSA) is 199 Å². The number of aliphatic imine (C=N–C) groups is 1. The second kappa shape index (κ2) is 24.4. The van der Waals surface area contributed by atoms with E-state index in [-0.39, 0.29) is 5.91 Å². The molecule has 0 saturated heterocycles. The van der Waals surface area contributed by atoms with Gasteiger partial charge in [-0.2, -0.15) is 0 Å². The zero-order valence-corrected chi connectivity index (χ0v) is 55.8. The van der Waals surface area contributed by atoms with E-state index in [0.29, 0.717) is 32.0 Å². The number of fused-ring (bicyclic) bond motifs is 16. The Kier molecular flexibility index (Phi) is 15.9. The van der Waals surface area contributed by atoms with E-state index in [1.54, 1.807) is 16.8 Å². The number of carbonyl (C=O) groups is 1. The van der Waals surface area contributed by atoms with Gasteiger partial charge in [-0.25, -0.2) is 54.8 Å². The molecule has 89 heavy (non-hydrogen) atoms. The molecule has 0 fully saturated rings. The van der Waals surface area contributed by atoms with Crippen molar-refractivity contribution in [2.24, 2.45) is 4.99 Å². The number of anilines is 1. The van der Waals surface area contributed by atoms with E-state index in [1.807, 2.05) is 109 Å². The van der Waals surface area contributed by atoms with Gasteiger partial charge in [0.25, 0.3) is 0 Å². The molecule has 0 unspecified atom stereocenters. The largest absolute Gasteiger partial charge is 0.397 e. The summed E-state index contributed by atoms with van der Waals surface area (Å²) in [5, 5.41) is 10.5. The molecular formula is C67H41Br6N15O. The molecule has 0 spiro atoms. The summed E-state index contributed by atoms with van der Waals surface area (Å²) in [5.41, 5.74) is 17.4. The fourth-order valence-electron chi connectivity index (χ4n) is 11.4. The second-order valence-electron chi connectivity index (χ2n) is 20.4. The Balaban J connectivity index is 0.000000109. The van der Waals surface area contributed by atoms with Crippen molar-refractivity contribution in [3.8, 4) is 5.82 Å². The Bertz CT molecular complexity index is 5450. The van der Waals surface area contributed by atoms with Gasteiger partial charge in [-0.3, -0.25) is 18.5 Å². The Morgan fingerprint density at radius 2 is 0.933 bits per heavy atom. The van der Waals surface area contributed by atoms with Gasteiger partial charge in [0.05, 0.1) is 39.0 Å². The lowest BCUT2D eigenvalue weighted by atomic mass is 10.0. The summed E-state index contributed by atoms with van der Waals surface area (Å²) < 4.78 is 9.82. The van der Waals surface area contributed by atoms with E-state index in [1.165, 1.54) is 10.9 Å². The first-order valence-electron chi connectivity index (χ1n) is 27.6. The molecule has 0 bridgehead atoms. The summed E-state index contributed by atoms with van der Waals surface area (Å²) in [6, 6.07) is 54.6. The molecule has 2 N–H and O–H groups in total. The maximum Gasteiger partial charge on any atom is 0.236 e. The average Bonchev–Trinajstić information content (AvgIpc) is 1.74. The molecule has 432 valence electrons. The zero-order chi connectivity index (χ0) is 61.0. The summed E-state index contributed by atoms with van der Waals surface area (Å²) in [7, 11) is 0. The van der Waals surface area contributed by atoms with Gasteiger partial charge in [-0.05, 0) is 199 Å². The van der Waals surface area contributed by atoms with Crippen LogP contribution in [0, 0.1) is 0 Å². The molecule has 0 amide bonds. The first-order chi connectivity index (χ1) is 43.4. The normalized spacial score (nSPS) is 12.1. The monoisotopic (exact) mass is 1540 g/mol. The van der Waals surface area contributed by atoms with E-state index in [2.05, 4.69) is 223 Å². The van der Waals surface area contributed by atoms with Crippen molar-refractivity contribution in [3.05, 3.63) is 229 Å². The van der Waals surface area contributed by atoms with Crippen molar-refractivity contribution in [1.29, 1.82) is 0 Å². The molecule has 1 aliphatic rings. The minimum Gasteiger partial charge on any atom is -0.397 e. The van der Waals surface area contributed by atoms with Crippen LogP contribution in [0.15, 0.2) is 228 Å². The van der Waals surface area contributed by atoms with Crippen LogP contribution in [0.1, 0.15) is 23.2 Å². The van der Waals surface area contributed by atoms with E-state index in [9.17, 15) is 4.79 Å². The minimum atomic E-state index is -0.00472. The predicted octanol–water partition coefficient (Wildman–Crippen LogP) is 18.5. The number of nitrogens with two attached hydrogens (primary N) is 1. The number of nitrogen functional groups attached to an aromatic ring is 1. The standard InChI is InChI=1S/C22H13Br2N5.C22H11Br2N5.C15H12N2O.C8H5Br2N3/c2*23-20-15-9-7-12-8-10-17(26-18(12)19(15)27-22(24)28-20)29-16-6-2-1-4-13(16)14-5-3-11-25-21(14)29;1-2-6-14(18)17-13-9-4-3-7-11(13)12-8-5-10-16-15(12)17;9-7-4-2-1-3-5(11)6(4)12-8(10)13-7/h1-7,9,11H,8,10H2;1-11H;2-5,7-10H,1,6H2;1-3H,11H2. The Hall–Kier alpha value is -8.64. The first-order valence-corrected chi connectivity index (χ1v) is 32.4. The number of aromatic nitrogens is 13. The molecule has 0 atom stereocenters. The molecular weight excluding hydrogens is 1510 g/mol. The van der Waals surface area contributed by atoms with Crippen LogP contribution < -0.4 is 5.73 Å². The summed E-state index contributed by atoms with van der Waals surface area (Å²) in [5.74, 6) is 1.79. The molecule has 11 heterocycles. The highest BCUT2D eigenvalue weighted by Crippen LogP contribution is 2.39. The Morgan fingerprint density at radius 1 is 0.449 bits per heavy atom. The number of carbonyl (C=O) groups excluding carboxylic acids is 1. The average molecular weight is 1550 g/mol. The highest BCUT2D eigenvalue weighted by atomic mass is 79.9. The summed E-state index contributed by atoms with van der Waals surface area (Å²) >= 11 is 20.4. The van der Waals surface area contributed by atoms with Gasteiger partial charge in [-0.1, -0.05) is 78.9 Å². The van der Waals surface area contributed by atoms with Crippen molar-refractivity contribution in [2.45, 2.75) is 19.3 Å². The minimum absolute atomic E-state index is 0.00472. The van der Waals surface area contributed by atoms with Gasteiger partial charge in [0.2, 0.25) is 5.91 Å². The number of allylic oxidation sites excluding steroid dienone is 1. The van der Waals surface area contributed by atoms with Gasteiger partial charge in [0.1, 0.15) is 53.4 Å². The van der Waals surface area contributed by atoms with Crippen LogP contribution in [0.25, 0.3) is 115 Å². The summed E-state index contributed by atoms with van der Waals surface area (Å²) in [6.07, 6.45) is 9.04. The van der Waals surface area contributed by atoms with Gasteiger partial charge >= 0.3 is 0 Å². The van der Waals surface area contributed by atoms with Gasteiger partial charge < -0.3 is 5.73 Å². The van der Waals surface area contributed by atoms with Crippen LogP contribution in [0.3, 0.4) is 0 Å². The summed E-state index contributed by atoms with van der Waals surface area (Å²) in [6.45, 7) is 3.62. The number of hydrogen-bond donors (Lipinski definition) is 1. The number of para-hydroxylation sites is 4. The highest BCUT2D eigenvalue weighted by Gasteiger charge is 2.23. The quantitative estimate of drug-likeness (QED) is 0.0578. The Morgan fingerprint density at radius 3 is 1.57 bits per heavy atom. The molecule has 17 rings (SSSR count). The third kappa shape index (κ3) is 10.7. The fraction of sp³-hybridized carbons (Fsp3) is 0.0448. The van der Waals surface area contributed by atoms with Gasteiger partial charge in [0.15, 0.2) is 14.2 Å². The van der Waals surface area contributed by atoms with Crippen LogP contribution in [0.4, 0.5) is 11.4 Å². The molecule has 0 radical (unpaired) electrons. The van der Waals surface area contributed by atoms with Crippen molar-refractivity contribution in [3.63, 3.8) is 0 Å². The third-order valence-corrected chi connectivity index (χ3v) is 18.1. The zero-order valence-electron chi connectivity index (χ0n) is 46.2. The molecule has 16 nitrogen and oxygen atoms in total. The van der Waals surface area contributed by atoms with Crippen molar-refractivity contribution in [1.82, 2.24) is 63.5 Å². The smallest absolute Gasteiger partial charge is 0.236 e. The van der Waals surface area contributed by atoms with Crippen LogP contribution >= 0.6 is 95.6 Å². The summed E-state index contributed by atoms with van der Waals surface area (Å²) in [4.78, 5) is 62.2. The van der Waals surface area contributed by atoms with E-state index in [0.717, 1.165) is 142 Å². The SMILES string of the molecule is Brc1nc(Br)c2ccc3c(c2n1)N=C(n1c2ccccc2c2cccnc21)CC3.Brc1nc(Br)c2ccc3ccc(-n4c5ccccc5c5cccnc54)nc3c2n1.C=CCC(=O)n1c2ccccc2c2cccnc21.Nc1cccc2c(Br)nc(Br)nc12. The number of hydrogen-bond acceptors (Lipinski definition) is 13. The van der Waals surface area contributed by atoms with Crippen LogP contribution in [0.2, 0.25) is 0 Å². The van der Waals surface area contributed by atoms with Crippen LogP contribution in [0.5, 0.6) is 0 Å². The van der Waals surface area contributed by atoms with Crippen molar-refractivity contribution >= 4 is 228 Å². The first kappa shape index (κ1) is 58.1. The van der Waals surface area contributed by atoms with Gasteiger partial charge in [0, 0.05) is 85.3 Å². The molecule has 1 aliphatic heterocycles. The predicted molar refractivity (Wildman–Crippen MR) is 377 cm³/mol. The fourth-order valence-corrected chi connectivity index (χ4v) is 14.6. The molecule has 22 heteroatoms. The van der Waals surface area contributed by atoms with Crippen LogP contribution in [-0.2, 0) is 6.42 Å². The maximum absolute atomic E-state index is 12.2. The van der Waals surface area contributed by atoms with Crippen molar-refractivity contribution in [2.75, 3.05) is 5.73 Å². The van der Waals surface area contributed by atoms with E-state index < -0.39 is 0 Å². The van der Waals surface area contributed by atoms with Gasteiger partial charge in [-0.15, -0.1) is 6.58 Å². The molecule has 16 aromatic rings. The molecule has 10 aromatic heterocycles. The number of pyridine rings is 4. The highest BCUT2D eigenvalue weighted by molar-refractivity contribution is 9.11. The molecule has 6 aromatic carbocycles. The van der Waals surface area contributed by atoms with Crippen LogP contribution in [-0.4, -0.2) is 75.3 Å². The lowest BCUT2D eigenvalue weighted by molar-refractivity contribution is 0.0927. The van der Waals surface area contributed by atoms with E-state index in [4.69, 9.17) is 15.7 Å². The number of nitrogens with zero attached hydrogens (tertiary/aromatic N) is 14. The number of rotatable bonds is 3. The number of halogens is 6. The van der Waals surface area contributed by atoms with Crippen molar-refractivity contribution < 1.29 is 4.79 Å². The molecule has 0 saturated carbocycles. The maximum atomic E-state index is 12.2. The number of aryl methyl sites for hydroxylation is 1. The lowest BCUT2D eigenvalue weighted by Crippen LogP contribution is -2.16. The lowest BCUT2D eigenvalue weighted by Gasteiger charge is -2.19. The van der Waals surface area contributed by atoms with E-state index >= 15 is 0 Å².